The van der Waals surface area contributed by atoms with Gasteiger partial charge in [-0.1, -0.05) is 6.92 Å². The molecule has 5 aliphatic rings. The summed E-state index contributed by atoms with van der Waals surface area (Å²) in [5.41, 5.74) is 12.9. The number of hydrogen-bond acceptors (Lipinski definition) is 6. The van der Waals surface area contributed by atoms with Crippen molar-refractivity contribution in [1.82, 2.24) is 0 Å². The summed E-state index contributed by atoms with van der Waals surface area (Å²) in [5.74, 6) is -1.76. The molecule has 5 heterocycles. The highest BCUT2D eigenvalue weighted by Gasteiger charge is 2.27. The lowest BCUT2D eigenvalue weighted by Gasteiger charge is -2.07. The van der Waals surface area contributed by atoms with Crippen molar-refractivity contribution in [2.75, 3.05) is 0 Å². The Bertz CT molecular complexity index is 1640. The van der Waals surface area contributed by atoms with E-state index in [9.17, 15) is 19.8 Å². The van der Waals surface area contributed by atoms with E-state index in [1.165, 1.54) is 0 Å². The normalized spacial score (nSPS) is 20.1. The van der Waals surface area contributed by atoms with Gasteiger partial charge in [0.1, 0.15) is 0 Å². The van der Waals surface area contributed by atoms with Gasteiger partial charge in [-0.05, 0) is 116 Å². The van der Waals surface area contributed by atoms with E-state index in [0.29, 0.717) is 24.3 Å². The fraction of sp³-hybridized carbons (Fsp3) is 0.312. The third kappa shape index (κ3) is 5.09. The summed E-state index contributed by atoms with van der Waals surface area (Å²) in [4.78, 5) is 42.6. The first-order valence-corrected chi connectivity index (χ1v) is 13.5. The molecule has 5 aliphatic heterocycles. The maximum atomic E-state index is 11.5. The van der Waals surface area contributed by atoms with Gasteiger partial charge < -0.3 is 10.2 Å². The average molecular weight is 537 g/mol. The molecule has 0 aromatic heterocycles. The summed E-state index contributed by atoms with van der Waals surface area (Å²) in [6.07, 6.45) is 11.2. The molecule has 8 bridgehead atoms. The molecule has 40 heavy (non-hydrogen) atoms. The van der Waals surface area contributed by atoms with Gasteiger partial charge in [0.2, 0.25) is 0 Å². The Balaban J connectivity index is 1.74. The van der Waals surface area contributed by atoms with Crippen molar-refractivity contribution in [1.29, 1.82) is 0 Å². The molecule has 204 valence electrons. The highest BCUT2D eigenvalue weighted by atomic mass is 16.4. The van der Waals surface area contributed by atoms with Crippen LogP contribution < -0.4 is 0 Å². The van der Waals surface area contributed by atoms with Gasteiger partial charge >= 0.3 is 11.9 Å². The van der Waals surface area contributed by atoms with Crippen molar-refractivity contribution >= 4 is 34.8 Å². The first-order chi connectivity index (χ1) is 19.0. The van der Waals surface area contributed by atoms with Crippen molar-refractivity contribution in [3.63, 3.8) is 0 Å². The van der Waals surface area contributed by atoms with E-state index >= 15 is 0 Å². The van der Waals surface area contributed by atoms with Crippen LogP contribution in [0.3, 0.4) is 0 Å². The van der Waals surface area contributed by atoms with Crippen LogP contribution in [0.4, 0.5) is 0 Å². The minimum atomic E-state index is -0.881. The minimum absolute atomic E-state index is 0.0257. The molecule has 0 atom stereocenters. The molecule has 8 nitrogen and oxygen atoms in total. The number of carboxylic acids is 2. The maximum Gasteiger partial charge on any atom is 0.303 e. The van der Waals surface area contributed by atoms with Crippen LogP contribution in [0.1, 0.15) is 66.7 Å². The zero-order valence-corrected chi connectivity index (χ0v) is 23.4. The second kappa shape index (κ2) is 10.6. The summed E-state index contributed by atoms with van der Waals surface area (Å²) in [6.45, 7) is 10.1. The fourth-order valence-electron chi connectivity index (χ4n) is 5.51. The van der Waals surface area contributed by atoms with Gasteiger partial charge in [-0.2, -0.15) is 0 Å². The van der Waals surface area contributed by atoms with E-state index in [-0.39, 0.29) is 12.8 Å². The zero-order valence-electron chi connectivity index (χ0n) is 23.4. The van der Waals surface area contributed by atoms with Gasteiger partial charge in [-0.25, -0.2) is 20.0 Å². The fourth-order valence-corrected chi connectivity index (χ4v) is 5.51. The molecule has 0 fully saturated rings. The number of carbonyl (C=O) groups is 2. The Morgan fingerprint density at radius 2 is 1.12 bits per heavy atom. The molecule has 8 heteroatoms. The van der Waals surface area contributed by atoms with Crippen LogP contribution in [0, 0.1) is 0 Å². The highest BCUT2D eigenvalue weighted by Crippen LogP contribution is 2.36. The summed E-state index contributed by atoms with van der Waals surface area (Å²) < 4.78 is 0. The summed E-state index contributed by atoms with van der Waals surface area (Å²) in [6, 6.07) is 0. The second-order valence-electron chi connectivity index (χ2n) is 10.4. The van der Waals surface area contributed by atoms with Gasteiger partial charge in [0.05, 0.1) is 45.6 Å². The number of hydrogen-bond donors (Lipinski definition) is 2. The average Bonchev–Trinajstić information content (AvgIpc) is 3.56. The van der Waals surface area contributed by atoms with E-state index in [2.05, 4.69) is 13.8 Å². The Labute approximate surface area is 233 Å². The lowest BCUT2D eigenvalue weighted by atomic mass is 9.96. The molecule has 0 saturated carbocycles. The highest BCUT2D eigenvalue weighted by molar-refractivity contribution is 6.19. The van der Waals surface area contributed by atoms with Crippen LogP contribution in [0.15, 0.2) is 112 Å². The van der Waals surface area contributed by atoms with Crippen molar-refractivity contribution in [3.8, 4) is 0 Å². The number of rotatable bonds is 7. The maximum absolute atomic E-state index is 11.5. The minimum Gasteiger partial charge on any atom is -0.481 e. The monoisotopic (exact) mass is 536 g/mol. The number of nitrogens with zero attached hydrogens (tertiary/aromatic N) is 4. The molecule has 5 rings (SSSR count). The topological polar surface area (TPSA) is 124 Å². The SMILES string of the molecule is CCC1=C(C)C2=NC1=CC1=NC(=CC3=NC(=CC4=NC(=C2)C(C)=C4CCC(=O)O)C(CCC(=O)O)=C3C)C=C1C. The Kier molecular flexibility index (Phi) is 7.19. The molecule has 2 N–H and O–H groups in total. The van der Waals surface area contributed by atoms with Gasteiger partial charge in [0, 0.05) is 12.8 Å². The molecule has 0 amide bonds. The Morgan fingerprint density at radius 3 is 1.77 bits per heavy atom. The molecule has 0 unspecified atom stereocenters. The lowest BCUT2D eigenvalue weighted by molar-refractivity contribution is -0.137. The number of aliphatic carboxylic acids is 2. The summed E-state index contributed by atoms with van der Waals surface area (Å²) in [7, 11) is 0. The number of aliphatic imine (C=N–C) groups is 4. The van der Waals surface area contributed by atoms with Crippen molar-refractivity contribution in [3.05, 3.63) is 92.2 Å². The second-order valence-corrected chi connectivity index (χ2v) is 10.4. The molecular formula is C32H32N4O4. The largest absolute Gasteiger partial charge is 0.481 e. The van der Waals surface area contributed by atoms with Crippen molar-refractivity contribution in [2.45, 2.75) is 66.7 Å². The molecule has 0 aliphatic carbocycles. The van der Waals surface area contributed by atoms with E-state index in [1.54, 1.807) is 0 Å². The molecule has 0 spiro atoms. The molecular weight excluding hydrogens is 504 g/mol. The zero-order chi connectivity index (χ0) is 28.7. The van der Waals surface area contributed by atoms with E-state index in [1.807, 2.05) is 51.2 Å². The van der Waals surface area contributed by atoms with Crippen LogP contribution in [0.2, 0.25) is 0 Å². The number of fused-ring (bicyclic) bond motifs is 4. The first kappa shape index (κ1) is 27.1. The smallest absolute Gasteiger partial charge is 0.303 e. The predicted octanol–water partition coefficient (Wildman–Crippen LogP) is 6.39. The van der Waals surface area contributed by atoms with E-state index in [0.717, 1.165) is 79.7 Å². The summed E-state index contributed by atoms with van der Waals surface area (Å²) >= 11 is 0. The molecule has 0 aromatic carbocycles. The van der Waals surface area contributed by atoms with E-state index < -0.39 is 11.9 Å². The predicted molar refractivity (Wildman–Crippen MR) is 158 cm³/mol. The van der Waals surface area contributed by atoms with Gasteiger partial charge in [0.15, 0.2) is 0 Å². The van der Waals surface area contributed by atoms with Crippen LogP contribution in [0.25, 0.3) is 0 Å². The van der Waals surface area contributed by atoms with Crippen LogP contribution in [-0.2, 0) is 9.59 Å². The Morgan fingerprint density at radius 1 is 0.600 bits per heavy atom. The summed E-state index contributed by atoms with van der Waals surface area (Å²) in [5, 5.41) is 18.8. The molecule has 0 aromatic rings. The molecule has 0 saturated heterocycles. The van der Waals surface area contributed by atoms with Gasteiger partial charge in [0.25, 0.3) is 0 Å². The van der Waals surface area contributed by atoms with Crippen LogP contribution in [0.5, 0.6) is 0 Å². The van der Waals surface area contributed by atoms with Crippen LogP contribution >= 0.6 is 0 Å². The number of carboxylic acid groups (broad SMARTS) is 2. The van der Waals surface area contributed by atoms with Gasteiger partial charge in [-0.3, -0.25) is 9.59 Å². The van der Waals surface area contributed by atoms with Gasteiger partial charge in [-0.15, -0.1) is 0 Å². The van der Waals surface area contributed by atoms with Crippen molar-refractivity contribution in [2.24, 2.45) is 20.0 Å². The number of allylic oxidation sites excluding steroid dienone is 12. The third-order valence-electron chi connectivity index (χ3n) is 7.82. The standard InChI is InChI=1S/C32H32N4O4/c1-6-21-17(3)26-14-27-19(5)23(8-10-32(39)40)30(36-27)15-29-22(7-9-31(37)38)18(4)25(34-29)12-20-11-16(2)24(33-20)13-28(21)35-26/h11-15H,6-10H2,1-5H3,(H,37,38)(H,39,40). The molecule has 0 radical (unpaired) electrons. The first-order valence-electron chi connectivity index (χ1n) is 13.5. The third-order valence-corrected chi connectivity index (χ3v) is 7.82. The van der Waals surface area contributed by atoms with E-state index in [4.69, 9.17) is 20.0 Å². The Hall–Kier alpha value is -4.46. The quantitative estimate of drug-likeness (QED) is 0.391. The van der Waals surface area contributed by atoms with Crippen LogP contribution in [-0.4, -0.2) is 45.0 Å². The lowest BCUT2D eigenvalue weighted by Crippen LogP contribution is -2.03. The van der Waals surface area contributed by atoms with Crippen molar-refractivity contribution < 1.29 is 19.8 Å².